The summed E-state index contributed by atoms with van der Waals surface area (Å²) in [6.07, 6.45) is 3.40. The van der Waals surface area contributed by atoms with Crippen LogP contribution in [0.25, 0.3) is 21.7 Å². The lowest BCUT2D eigenvalue weighted by Crippen LogP contribution is -1.91. The van der Waals surface area contributed by atoms with E-state index in [0.717, 1.165) is 15.2 Å². The van der Waals surface area contributed by atoms with Gasteiger partial charge in [-0.1, -0.05) is 33.8 Å². The number of aromatic nitrogens is 2. The summed E-state index contributed by atoms with van der Waals surface area (Å²) in [7, 11) is 3.35. The van der Waals surface area contributed by atoms with E-state index in [1.54, 1.807) is 32.8 Å². The van der Waals surface area contributed by atoms with Gasteiger partial charge < -0.3 is 0 Å². The van der Waals surface area contributed by atoms with Crippen LogP contribution in [-0.4, -0.2) is 9.97 Å². The number of hydrogen-bond donors (Lipinski definition) is 0. The van der Waals surface area contributed by atoms with E-state index in [1.807, 2.05) is 0 Å². The van der Waals surface area contributed by atoms with Crippen molar-refractivity contribution in [2.24, 2.45) is 0 Å². The van der Waals surface area contributed by atoms with Crippen LogP contribution in [0.4, 0.5) is 0 Å². The maximum atomic E-state index is 4.25. The summed E-state index contributed by atoms with van der Waals surface area (Å²) < 4.78 is 1.14. The van der Waals surface area contributed by atoms with Crippen LogP contribution in [-0.2, 0) is 0 Å². The molecule has 0 aliphatic rings. The average molecular weight is 194 g/mol. The molecule has 0 atom stereocenters. The fourth-order valence-corrected chi connectivity index (χ4v) is 2.70. The van der Waals surface area contributed by atoms with Crippen LogP contribution >= 0.6 is 20.7 Å². The van der Waals surface area contributed by atoms with E-state index >= 15 is 0 Å². The predicted molar refractivity (Wildman–Crippen MR) is 55.5 cm³/mol. The highest BCUT2D eigenvalue weighted by Crippen LogP contribution is 2.32. The second kappa shape index (κ2) is 2.80. The highest BCUT2D eigenvalue weighted by Gasteiger charge is 2.07. The molecule has 0 aromatic carbocycles. The molecule has 0 bridgehead atoms. The number of nitrogens with zero attached hydrogens (tertiary/aromatic N) is 2. The molecule has 0 aliphatic heterocycles. The number of hydrogen-bond acceptors (Lipinski definition) is 4. The Bertz CT molecular complexity index is 439. The molecule has 12 heavy (non-hydrogen) atoms. The second-order valence-corrected chi connectivity index (χ2v) is 4.30. The maximum absolute atomic E-state index is 4.25. The molecule has 60 valence electrons. The standard InChI is InChI=1S/C8H6N2S2/c1-3-5-7-8(12-11-7)10-6(4-2)9-5/h3-4H,1-2H2. The topological polar surface area (TPSA) is 25.8 Å². The minimum absolute atomic E-state index is 0.677. The lowest BCUT2D eigenvalue weighted by molar-refractivity contribution is 1.18. The molecular weight excluding hydrogens is 188 g/mol. The summed E-state index contributed by atoms with van der Waals surface area (Å²) in [5.74, 6) is 0.677. The Balaban J connectivity index is 2.74. The van der Waals surface area contributed by atoms with Crippen molar-refractivity contribution in [1.82, 2.24) is 9.97 Å². The molecule has 0 N–H and O–H groups in total. The minimum Gasteiger partial charge on any atom is -0.228 e. The molecule has 2 nitrogen and oxygen atoms in total. The Morgan fingerprint density at radius 2 is 1.92 bits per heavy atom. The van der Waals surface area contributed by atoms with Gasteiger partial charge in [0.25, 0.3) is 0 Å². The average Bonchev–Trinajstić information content (AvgIpc) is 2.06. The van der Waals surface area contributed by atoms with Crippen molar-refractivity contribution < 1.29 is 0 Å². The molecule has 2 heterocycles. The van der Waals surface area contributed by atoms with Gasteiger partial charge in [0, 0.05) is 0 Å². The molecule has 0 radical (unpaired) electrons. The Hall–Kier alpha value is -1.00. The van der Waals surface area contributed by atoms with Crippen molar-refractivity contribution >= 4 is 42.4 Å². The Morgan fingerprint density at radius 3 is 2.42 bits per heavy atom. The van der Waals surface area contributed by atoms with E-state index in [1.165, 1.54) is 0 Å². The summed E-state index contributed by atoms with van der Waals surface area (Å²) in [6.45, 7) is 7.32. The summed E-state index contributed by atoms with van der Waals surface area (Å²) in [6, 6.07) is 0. The van der Waals surface area contributed by atoms with Crippen molar-refractivity contribution in [1.29, 1.82) is 0 Å². The molecule has 0 spiro atoms. The van der Waals surface area contributed by atoms with E-state index in [-0.39, 0.29) is 0 Å². The summed E-state index contributed by atoms with van der Waals surface area (Å²) in [4.78, 5) is 9.53. The molecule has 2 aromatic rings. The van der Waals surface area contributed by atoms with Gasteiger partial charge in [0.05, 0.1) is 5.69 Å². The van der Waals surface area contributed by atoms with Crippen molar-refractivity contribution in [3.8, 4) is 0 Å². The zero-order valence-corrected chi connectivity index (χ0v) is 7.91. The van der Waals surface area contributed by atoms with Gasteiger partial charge in [-0.3, -0.25) is 0 Å². The highest BCUT2D eigenvalue weighted by atomic mass is 32.9. The number of fused-ring (bicyclic) bond motifs is 1. The molecule has 0 saturated carbocycles. The molecule has 2 aromatic heterocycles. The Morgan fingerprint density at radius 1 is 1.08 bits per heavy atom. The fraction of sp³-hybridized carbons (Fsp3) is 0. The predicted octanol–water partition coefficient (Wildman–Crippen LogP) is 3.04. The Labute approximate surface area is 77.3 Å². The molecule has 0 amide bonds. The van der Waals surface area contributed by atoms with Crippen LogP contribution in [0.1, 0.15) is 11.5 Å². The van der Waals surface area contributed by atoms with E-state index in [0.29, 0.717) is 5.82 Å². The molecular formula is C8H6N2S2. The van der Waals surface area contributed by atoms with Crippen molar-refractivity contribution in [2.75, 3.05) is 0 Å². The SMILES string of the molecule is C=Cc1nc(C=C)c2ssc2n1. The first kappa shape index (κ1) is 7.64. The Kier molecular flexibility index (Phi) is 1.78. The van der Waals surface area contributed by atoms with Crippen molar-refractivity contribution in [3.05, 3.63) is 24.7 Å². The molecule has 2 rings (SSSR count). The number of rotatable bonds is 2. The first-order chi connectivity index (χ1) is 5.85. The van der Waals surface area contributed by atoms with Gasteiger partial charge in [-0.15, -0.1) is 0 Å². The van der Waals surface area contributed by atoms with Crippen molar-refractivity contribution in [2.45, 2.75) is 0 Å². The van der Waals surface area contributed by atoms with E-state index in [2.05, 4.69) is 23.1 Å². The van der Waals surface area contributed by atoms with Crippen LogP contribution in [0.2, 0.25) is 0 Å². The van der Waals surface area contributed by atoms with E-state index in [9.17, 15) is 0 Å². The molecule has 0 saturated heterocycles. The smallest absolute Gasteiger partial charge is 0.153 e. The monoisotopic (exact) mass is 194 g/mol. The second-order valence-electron chi connectivity index (χ2n) is 2.18. The quantitative estimate of drug-likeness (QED) is 0.687. The first-order valence-corrected chi connectivity index (χ1v) is 5.51. The third-order valence-electron chi connectivity index (χ3n) is 1.46. The van der Waals surface area contributed by atoms with Gasteiger partial charge in [0.2, 0.25) is 0 Å². The third kappa shape index (κ3) is 1.00. The maximum Gasteiger partial charge on any atom is 0.153 e. The molecule has 0 fully saturated rings. The zero-order valence-electron chi connectivity index (χ0n) is 6.28. The van der Waals surface area contributed by atoms with Gasteiger partial charge in [-0.2, -0.15) is 0 Å². The van der Waals surface area contributed by atoms with Crippen LogP contribution in [0.5, 0.6) is 0 Å². The lowest BCUT2D eigenvalue weighted by Gasteiger charge is -2.02. The largest absolute Gasteiger partial charge is 0.228 e. The summed E-state index contributed by atoms with van der Waals surface area (Å²) in [5.41, 5.74) is 0.915. The zero-order chi connectivity index (χ0) is 8.55. The molecule has 0 aliphatic carbocycles. The van der Waals surface area contributed by atoms with Gasteiger partial charge in [0.15, 0.2) is 5.82 Å². The third-order valence-corrected chi connectivity index (χ3v) is 3.92. The van der Waals surface area contributed by atoms with Crippen LogP contribution in [0, 0.1) is 0 Å². The molecule has 4 heteroatoms. The summed E-state index contributed by atoms with van der Waals surface area (Å²) >= 11 is 0. The van der Waals surface area contributed by atoms with E-state index in [4.69, 9.17) is 0 Å². The van der Waals surface area contributed by atoms with E-state index < -0.39 is 0 Å². The minimum atomic E-state index is 0.677. The van der Waals surface area contributed by atoms with Crippen molar-refractivity contribution in [3.63, 3.8) is 0 Å². The highest BCUT2D eigenvalue weighted by molar-refractivity contribution is 7.78. The van der Waals surface area contributed by atoms with Crippen LogP contribution in [0.3, 0.4) is 0 Å². The van der Waals surface area contributed by atoms with Gasteiger partial charge in [-0.05, 0) is 12.2 Å². The van der Waals surface area contributed by atoms with Crippen LogP contribution in [0.15, 0.2) is 13.2 Å². The van der Waals surface area contributed by atoms with Gasteiger partial charge >= 0.3 is 0 Å². The first-order valence-electron chi connectivity index (χ1n) is 3.36. The summed E-state index contributed by atoms with van der Waals surface area (Å²) in [5, 5.41) is 0. The van der Waals surface area contributed by atoms with Crippen LogP contribution < -0.4 is 0 Å². The normalized spacial score (nSPS) is 10.3. The van der Waals surface area contributed by atoms with Gasteiger partial charge in [0.1, 0.15) is 9.53 Å². The van der Waals surface area contributed by atoms with Gasteiger partial charge in [-0.25, -0.2) is 9.97 Å². The lowest BCUT2D eigenvalue weighted by atomic mass is 10.4. The fourth-order valence-electron chi connectivity index (χ4n) is 0.875. The molecule has 0 unspecified atom stereocenters.